The maximum absolute atomic E-state index is 13.6. The predicted molar refractivity (Wildman–Crippen MR) is 115 cm³/mol. The molecule has 150 valence electrons. The van der Waals surface area contributed by atoms with Gasteiger partial charge in [-0.3, -0.25) is 0 Å². The van der Waals surface area contributed by atoms with Gasteiger partial charge < -0.3 is 4.74 Å². The van der Waals surface area contributed by atoms with E-state index in [9.17, 15) is 8.42 Å². The molecule has 0 bridgehead atoms. The normalized spacial score (nSPS) is 17.0. The van der Waals surface area contributed by atoms with Crippen LogP contribution in [-0.2, 0) is 16.4 Å². The molecule has 0 spiro atoms. The quantitative estimate of drug-likeness (QED) is 0.614. The second-order valence-electron chi connectivity index (χ2n) is 7.25. The second kappa shape index (κ2) is 8.01. The smallest absolute Gasteiger partial charge is 0.243 e. The minimum atomic E-state index is -3.67. The van der Waals surface area contributed by atoms with Gasteiger partial charge in [-0.1, -0.05) is 60.2 Å². The summed E-state index contributed by atoms with van der Waals surface area (Å²) in [6, 6.07) is 22.5. The first-order chi connectivity index (χ1) is 14.0. The van der Waals surface area contributed by atoms with E-state index in [1.165, 1.54) is 5.56 Å². The fourth-order valence-electron chi connectivity index (χ4n) is 3.96. The van der Waals surface area contributed by atoms with Crippen LogP contribution in [-0.4, -0.2) is 25.9 Å². The molecule has 1 aliphatic rings. The van der Waals surface area contributed by atoms with Crippen molar-refractivity contribution in [3.05, 3.63) is 95.1 Å². The Bertz CT molecular complexity index is 1110. The lowest BCUT2D eigenvalue weighted by molar-refractivity contribution is 0.309. The number of para-hydroxylation sites is 1. The van der Waals surface area contributed by atoms with Crippen LogP contribution < -0.4 is 4.74 Å². The van der Waals surface area contributed by atoms with Crippen LogP contribution in [0.15, 0.2) is 77.7 Å². The fourth-order valence-corrected chi connectivity index (χ4v) is 5.55. The summed E-state index contributed by atoms with van der Waals surface area (Å²) in [5, 5.41) is 0. The van der Waals surface area contributed by atoms with E-state index in [1.807, 2.05) is 68.4 Å². The lowest BCUT2D eigenvalue weighted by atomic mass is 9.89. The zero-order chi connectivity index (χ0) is 20.4. The molecule has 0 saturated carbocycles. The highest BCUT2D eigenvalue weighted by Crippen LogP contribution is 2.41. The number of fused-ring (bicyclic) bond motifs is 1. The molecule has 1 heterocycles. The van der Waals surface area contributed by atoms with Crippen molar-refractivity contribution in [2.45, 2.75) is 31.2 Å². The van der Waals surface area contributed by atoms with Gasteiger partial charge in [0.05, 0.1) is 17.5 Å². The van der Waals surface area contributed by atoms with Crippen LogP contribution in [0.3, 0.4) is 0 Å². The van der Waals surface area contributed by atoms with Gasteiger partial charge in [-0.2, -0.15) is 4.31 Å². The molecular weight excluding hydrogens is 382 g/mol. The first-order valence-corrected chi connectivity index (χ1v) is 11.3. The molecule has 4 nitrogen and oxygen atoms in total. The summed E-state index contributed by atoms with van der Waals surface area (Å²) in [6.45, 7) is 4.84. The van der Waals surface area contributed by atoms with Gasteiger partial charge in [-0.15, -0.1) is 0 Å². The molecule has 1 atom stereocenters. The summed E-state index contributed by atoms with van der Waals surface area (Å²) in [4.78, 5) is 0.321. The van der Waals surface area contributed by atoms with Gasteiger partial charge in [0.15, 0.2) is 0 Å². The van der Waals surface area contributed by atoms with Crippen LogP contribution in [0.1, 0.15) is 35.2 Å². The van der Waals surface area contributed by atoms with Crippen molar-refractivity contribution >= 4 is 10.0 Å². The third kappa shape index (κ3) is 3.68. The van der Waals surface area contributed by atoms with E-state index in [2.05, 4.69) is 6.07 Å². The number of hydrogen-bond acceptors (Lipinski definition) is 3. The van der Waals surface area contributed by atoms with Crippen molar-refractivity contribution in [1.82, 2.24) is 4.31 Å². The van der Waals surface area contributed by atoms with Gasteiger partial charge in [0.1, 0.15) is 5.75 Å². The molecule has 0 N–H and O–H groups in total. The van der Waals surface area contributed by atoms with E-state index >= 15 is 0 Å². The zero-order valence-electron chi connectivity index (χ0n) is 16.7. The maximum atomic E-state index is 13.6. The highest BCUT2D eigenvalue weighted by molar-refractivity contribution is 7.89. The van der Waals surface area contributed by atoms with Gasteiger partial charge in [-0.05, 0) is 49.6 Å². The topological polar surface area (TPSA) is 46.6 Å². The van der Waals surface area contributed by atoms with Crippen molar-refractivity contribution in [1.29, 1.82) is 0 Å². The van der Waals surface area contributed by atoms with Crippen LogP contribution in [0.4, 0.5) is 0 Å². The van der Waals surface area contributed by atoms with Crippen molar-refractivity contribution in [3.8, 4) is 5.75 Å². The summed E-state index contributed by atoms with van der Waals surface area (Å²) in [5.74, 6) is 0.723. The molecule has 0 radical (unpaired) electrons. The fraction of sp³-hybridized carbons (Fsp3) is 0.250. The third-order valence-corrected chi connectivity index (χ3v) is 7.26. The van der Waals surface area contributed by atoms with Crippen LogP contribution in [0.25, 0.3) is 0 Å². The summed E-state index contributed by atoms with van der Waals surface area (Å²) in [6.07, 6.45) is 0.689. The van der Waals surface area contributed by atoms with Gasteiger partial charge in [0, 0.05) is 12.1 Å². The van der Waals surface area contributed by atoms with Crippen molar-refractivity contribution in [3.63, 3.8) is 0 Å². The van der Waals surface area contributed by atoms with Crippen molar-refractivity contribution in [2.24, 2.45) is 0 Å². The summed E-state index contributed by atoms with van der Waals surface area (Å²) in [7, 11) is -3.67. The van der Waals surface area contributed by atoms with Crippen LogP contribution in [0, 0.1) is 6.92 Å². The average molecular weight is 408 g/mol. The largest absolute Gasteiger partial charge is 0.494 e. The molecule has 3 aromatic rings. The molecule has 5 heteroatoms. The van der Waals surface area contributed by atoms with Crippen molar-refractivity contribution in [2.75, 3.05) is 13.2 Å². The lowest BCUT2D eigenvalue weighted by Crippen LogP contribution is -2.40. The van der Waals surface area contributed by atoms with Crippen LogP contribution >= 0.6 is 0 Å². The molecule has 0 aliphatic carbocycles. The Morgan fingerprint density at radius 3 is 2.31 bits per heavy atom. The zero-order valence-corrected chi connectivity index (χ0v) is 17.5. The van der Waals surface area contributed by atoms with Gasteiger partial charge in [-0.25, -0.2) is 8.42 Å². The highest BCUT2D eigenvalue weighted by Gasteiger charge is 2.38. The number of hydrogen-bond donors (Lipinski definition) is 0. The number of nitrogens with zero attached hydrogens (tertiary/aromatic N) is 1. The van der Waals surface area contributed by atoms with E-state index in [1.54, 1.807) is 16.4 Å². The summed E-state index contributed by atoms with van der Waals surface area (Å²) in [5.41, 5.74) is 4.10. The third-order valence-electron chi connectivity index (χ3n) is 5.38. The minimum Gasteiger partial charge on any atom is -0.494 e. The number of benzene rings is 3. The molecule has 4 rings (SSSR count). The Balaban J connectivity index is 1.89. The Morgan fingerprint density at radius 2 is 1.59 bits per heavy atom. The lowest BCUT2D eigenvalue weighted by Gasteiger charge is -2.37. The van der Waals surface area contributed by atoms with Crippen LogP contribution in [0.2, 0.25) is 0 Å². The first kappa shape index (κ1) is 19.7. The molecule has 1 unspecified atom stereocenters. The minimum absolute atomic E-state index is 0.321. The second-order valence-corrected chi connectivity index (χ2v) is 9.14. The predicted octanol–water partition coefficient (Wildman–Crippen LogP) is 4.73. The summed E-state index contributed by atoms with van der Waals surface area (Å²) < 4.78 is 34.8. The number of ether oxygens (including phenoxy) is 1. The van der Waals surface area contributed by atoms with Crippen LogP contribution in [0.5, 0.6) is 5.75 Å². The molecule has 0 fully saturated rings. The average Bonchev–Trinajstić information content (AvgIpc) is 2.74. The van der Waals surface area contributed by atoms with Crippen molar-refractivity contribution < 1.29 is 13.2 Å². The molecule has 29 heavy (non-hydrogen) atoms. The SMILES string of the molecule is CCOc1ccccc1C1c2ccccc2CCN1S(=O)(=O)c1ccc(C)cc1. The van der Waals surface area contributed by atoms with Gasteiger partial charge in [0.25, 0.3) is 0 Å². The number of rotatable bonds is 5. The molecule has 0 saturated heterocycles. The van der Waals surface area contributed by atoms with Gasteiger partial charge in [0.2, 0.25) is 10.0 Å². The molecular formula is C24H25NO3S. The van der Waals surface area contributed by atoms with E-state index in [0.717, 1.165) is 22.4 Å². The Morgan fingerprint density at radius 1 is 0.931 bits per heavy atom. The Kier molecular flexibility index (Phi) is 5.43. The standard InChI is InChI=1S/C24H25NO3S/c1-3-28-23-11-7-6-10-22(23)24-21-9-5-4-8-19(21)16-17-25(24)29(26,27)20-14-12-18(2)13-15-20/h4-15,24H,3,16-17H2,1-2H3. The maximum Gasteiger partial charge on any atom is 0.243 e. The highest BCUT2D eigenvalue weighted by atomic mass is 32.2. The monoisotopic (exact) mass is 407 g/mol. The van der Waals surface area contributed by atoms with E-state index in [0.29, 0.717) is 24.5 Å². The Labute approximate surface area is 172 Å². The molecule has 0 amide bonds. The number of sulfonamides is 1. The summed E-state index contributed by atoms with van der Waals surface area (Å²) >= 11 is 0. The Hall–Kier alpha value is -2.63. The first-order valence-electron chi connectivity index (χ1n) is 9.90. The number of aryl methyl sites for hydroxylation is 1. The van der Waals surface area contributed by atoms with Gasteiger partial charge >= 0.3 is 0 Å². The van der Waals surface area contributed by atoms with E-state index in [-0.39, 0.29) is 0 Å². The van der Waals surface area contributed by atoms with E-state index in [4.69, 9.17) is 4.74 Å². The van der Waals surface area contributed by atoms with E-state index < -0.39 is 16.1 Å². The molecule has 3 aromatic carbocycles. The molecule has 1 aliphatic heterocycles. The molecule has 0 aromatic heterocycles.